The summed E-state index contributed by atoms with van der Waals surface area (Å²) in [5.74, 6) is -0.863. The molecule has 1 saturated carbocycles. The van der Waals surface area contributed by atoms with E-state index in [1.54, 1.807) is 24.3 Å². The molecule has 1 aromatic rings. The number of carbonyl (C=O) groups is 2. The second kappa shape index (κ2) is 7.36. The molecule has 1 aromatic carbocycles. The van der Waals surface area contributed by atoms with E-state index in [9.17, 15) is 9.59 Å². The fourth-order valence-corrected chi connectivity index (χ4v) is 3.31. The lowest BCUT2D eigenvalue weighted by atomic mass is 10.1. The van der Waals surface area contributed by atoms with Gasteiger partial charge in [-0.3, -0.25) is 4.79 Å². The van der Waals surface area contributed by atoms with Gasteiger partial charge in [-0.2, -0.15) is 11.8 Å². The van der Waals surface area contributed by atoms with Crippen molar-refractivity contribution in [2.45, 2.75) is 37.0 Å². The zero-order valence-electron chi connectivity index (χ0n) is 12.0. The van der Waals surface area contributed by atoms with Gasteiger partial charge in [-0.1, -0.05) is 12.1 Å². The molecule has 5 nitrogen and oxygen atoms in total. The van der Waals surface area contributed by atoms with E-state index in [0.29, 0.717) is 16.5 Å². The Morgan fingerprint density at radius 1 is 1.29 bits per heavy atom. The second-order valence-electron chi connectivity index (χ2n) is 5.23. The van der Waals surface area contributed by atoms with Gasteiger partial charge in [0, 0.05) is 17.0 Å². The van der Waals surface area contributed by atoms with Crippen LogP contribution in [0.1, 0.15) is 24.8 Å². The van der Waals surface area contributed by atoms with E-state index in [1.807, 2.05) is 11.8 Å². The predicted octanol–water partition coefficient (Wildman–Crippen LogP) is 2.72. The number of rotatable bonds is 5. The normalized spacial score (nSPS) is 21.0. The van der Waals surface area contributed by atoms with Gasteiger partial charge in [-0.25, -0.2) is 4.79 Å². The standard InChI is InChI=1S/C15H20N2O3S/c1-21-13-7-6-12(9-13)17-15(20)16-11-4-2-10(3-5-11)8-14(18)19/h2-5,12-13H,6-9H2,1H3,(H,18,19)(H2,16,17,20). The second-order valence-corrected chi connectivity index (χ2v) is 6.37. The average molecular weight is 308 g/mol. The molecule has 0 heterocycles. The lowest BCUT2D eigenvalue weighted by Gasteiger charge is -2.14. The molecule has 2 atom stereocenters. The molecule has 6 heteroatoms. The fourth-order valence-electron chi connectivity index (χ4n) is 2.52. The summed E-state index contributed by atoms with van der Waals surface area (Å²) in [5.41, 5.74) is 1.38. The molecule has 0 spiro atoms. The summed E-state index contributed by atoms with van der Waals surface area (Å²) in [6.07, 6.45) is 5.29. The topological polar surface area (TPSA) is 78.4 Å². The van der Waals surface area contributed by atoms with Crippen molar-refractivity contribution in [3.05, 3.63) is 29.8 Å². The molecule has 2 unspecified atom stereocenters. The zero-order valence-corrected chi connectivity index (χ0v) is 12.8. The minimum absolute atomic E-state index is 0.00930. The lowest BCUT2D eigenvalue weighted by Crippen LogP contribution is -2.36. The summed E-state index contributed by atoms with van der Waals surface area (Å²) >= 11 is 1.85. The van der Waals surface area contributed by atoms with Crippen molar-refractivity contribution in [3.8, 4) is 0 Å². The van der Waals surface area contributed by atoms with Crippen molar-refractivity contribution in [1.29, 1.82) is 0 Å². The molecule has 0 radical (unpaired) electrons. The van der Waals surface area contributed by atoms with Crippen LogP contribution in [0, 0.1) is 0 Å². The predicted molar refractivity (Wildman–Crippen MR) is 84.9 cm³/mol. The van der Waals surface area contributed by atoms with Gasteiger partial charge >= 0.3 is 12.0 Å². The van der Waals surface area contributed by atoms with Gasteiger partial charge in [0.1, 0.15) is 0 Å². The average Bonchev–Trinajstić information content (AvgIpc) is 2.88. The molecule has 0 saturated heterocycles. The number of hydrogen-bond acceptors (Lipinski definition) is 3. The van der Waals surface area contributed by atoms with E-state index in [0.717, 1.165) is 19.3 Å². The molecular weight excluding hydrogens is 288 g/mol. The summed E-state index contributed by atoms with van der Waals surface area (Å²) in [5, 5.41) is 15.1. The SMILES string of the molecule is CSC1CCC(NC(=O)Nc2ccc(CC(=O)O)cc2)C1. The van der Waals surface area contributed by atoms with Crippen LogP contribution in [-0.4, -0.2) is 34.7 Å². The monoisotopic (exact) mass is 308 g/mol. The van der Waals surface area contributed by atoms with Crippen LogP contribution < -0.4 is 10.6 Å². The third-order valence-electron chi connectivity index (χ3n) is 3.62. The zero-order chi connectivity index (χ0) is 15.2. The van der Waals surface area contributed by atoms with Gasteiger partial charge in [-0.15, -0.1) is 0 Å². The number of carboxylic acid groups (broad SMARTS) is 1. The summed E-state index contributed by atoms with van der Waals surface area (Å²) < 4.78 is 0. The van der Waals surface area contributed by atoms with Crippen LogP contribution in [0.4, 0.5) is 10.5 Å². The Bertz CT molecular complexity index is 504. The Balaban J connectivity index is 1.81. The first-order chi connectivity index (χ1) is 10.1. The number of aliphatic carboxylic acids is 1. The van der Waals surface area contributed by atoms with Gasteiger partial charge in [0.15, 0.2) is 0 Å². The van der Waals surface area contributed by atoms with E-state index in [2.05, 4.69) is 16.9 Å². The molecule has 114 valence electrons. The minimum Gasteiger partial charge on any atom is -0.481 e. The Labute approximate surface area is 128 Å². The van der Waals surface area contributed by atoms with Crippen molar-refractivity contribution in [1.82, 2.24) is 5.32 Å². The molecule has 1 aliphatic rings. The van der Waals surface area contributed by atoms with Crippen molar-refractivity contribution in [2.24, 2.45) is 0 Å². The van der Waals surface area contributed by atoms with Crippen LogP contribution in [0.5, 0.6) is 0 Å². The molecule has 1 fully saturated rings. The largest absolute Gasteiger partial charge is 0.481 e. The van der Waals surface area contributed by atoms with Gasteiger partial charge in [0.05, 0.1) is 6.42 Å². The highest BCUT2D eigenvalue weighted by atomic mass is 32.2. The Morgan fingerprint density at radius 3 is 2.57 bits per heavy atom. The quantitative estimate of drug-likeness (QED) is 0.781. The molecule has 3 N–H and O–H groups in total. The number of thioether (sulfide) groups is 1. The first-order valence-electron chi connectivity index (χ1n) is 6.98. The fraction of sp³-hybridized carbons (Fsp3) is 0.467. The van der Waals surface area contributed by atoms with E-state index in [1.165, 1.54) is 0 Å². The van der Waals surface area contributed by atoms with Crippen molar-refractivity contribution in [3.63, 3.8) is 0 Å². The molecule has 2 rings (SSSR count). The Hall–Kier alpha value is -1.69. The highest BCUT2D eigenvalue weighted by Crippen LogP contribution is 2.28. The Morgan fingerprint density at radius 2 is 2.00 bits per heavy atom. The van der Waals surface area contributed by atoms with E-state index < -0.39 is 5.97 Å². The number of urea groups is 1. The van der Waals surface area contributed by atoms with E-state index in [-0.39, 0.29) is 18.5 Å². The maximum absolute atomic E-state index is 11.9. The molecule has 1 aliphatic carbocycles. The van der Waals surface area contributed by atoms with Crippen LogP contribution in [0.3, 0.4) is 0 Å². The van der Waals surface area contributed by atoms with Crippen molar-refractivity contribution < 1.29 is 14.7 Å². The first kappa shape index (κ1) is 15.7. The van der Waals surface area contributed by atoms with Crippen LogP contribution >= 0.6 is 11.8 Å². The van der Waals surface area contributed by atoms with Gasteiger partial charge in [-0.05, 0) is 43.2 Å². The number of amides is 2. The highest BCUT2D eigenvalue weighted by Gasteiger charge is 2.24. The van der Waals surface area contributed by atoms with Crippen molar-refractivity contribution >= 4 is 29.4 Å². The van der Waals surface area contributed by atoms with E-state index >= 15 is 0 Å². The first-order valence-corrected chi connectivity index (χ1v) is 8.26. The smallest absolute Gasteiger partial charge is 0.319 e. The maximum Gasteiger partial charge on any atom is 0.319 e. The van der Waals surface area contributed by atoms with Crippen LogP contribution in [0.25, 0.3) is 0 Å². The third-order valence-corrected chi connectivity index (χ3v) is 4.72. The lowest BCUT2D eigenvalue weighted by molar-refractivity contribution is -0.136. The Kier molecular flexibility index (Phi) is 5.50. The van der Waals surface area contributed by atoms with Crippen molar-refractivity contribution in [2.75, 3.05) is 11.6 Å². The van der Waals surface area contributed by atoms with Crippen LogP contribution in [0.15, 0.2) is 24.3 Å². The van der Waals surface area contributed by atoms with Gasteiger partial charge < -0.3 is 15.7 Å². The molecule has 0 bridgehead atoms. The molecular formula is C15H20N2O3S. The van der Waals surface area contributed by atoms with Gasteiger partial charge in [0.25, 0.3) is 0 Å². The summed E-state index contributed by atoms with van der Waals surface area (Å²) in [4.78, 5) is 22.5. The maximum atomic E-state index is 11.9. The summed E-state index contributed by atoms with van der Waals surface area (Å²) in [6, 6.07) is 6.90. The third kappa shape index (κ3) is 4.97. The number of nitrogens with one attached hydrogen (secondary N) is 2. The summed E-state index contributed by atoms with van der Waals surface area (Å²) in [7, 11) is 0. The number of anilines is 1. The highest BCUT2D eigenvalue weighted by molar-refractivity contribution is 7.99. The number of benzene rings is 1. The van der Waals surface area contributed by atoms with Crippen LogP contribution in [-0.2, 0) is 11.2 Å². The molecule has 0 aliphatic heterocycles. The molecule has 2 amide bonds. The van der Waals surface area contributed by atoms with Gasteiger partial charge in [0.2, 0.25) is 0 Å². The molecule has 0 aromatic heterocycles. The molecule has 21 heavy (non-hydrogen) atoms. The summed E-state index contributed by atoms with van der Waals surface area (Å²) in [6.45, 7) is 0. The van der Waals surface area contributed by atoms with E-state index in [4.69, 9.17) is 5.11 Å². The number of carboxylic acids is 1. The van der Waals surface area contributed by atoms with Crippen LogP contribution in [0.2, 0.25) is 0 Å². The minimum atomic E-state index is -0.863. The number of hydrogen-bond donors (Lipinski definition) is 3. The number of carbonyl (C=O) groups excluding carboxylic acids is 1.